The summed E-state index contributed by atoms with van der Waals surface area (Å²) in [5.74, 6) is -0.0155. The second-order valence-electron chi connectivity index (χ2n) is 5.01. The summed E-state index contributed by atoms with van der Waals surface area (Å²) < 4.78 is 5.66. The highest BCUT2D eigenvalue weighted by Crippen LogP contribution is 2.50. The number of methoxy groups -OCH3 is 1. The number of hydrogen-bond acceptors (Lipinski definition) is 3. The lowest BCUT2D eigenvalue weighted by Gasteiger charge is -2.21. The summed E-state index contributed by atoms with van der Waals surface area (Å²) in [6.45, 7) is 1.92. The maximum absolute atomic E-state index is 11.0. The van der Waals surface area contributed by atoms with Crippen LogP contribution in [0.4, 0.5) is 0 Å². The number of phenols is 1. The van der Waals surface area contributed by atoms with Crippen LogP contribution in [0.5, 0.6) is 11.5 Å². The number of aryl methyl sites for hydroxylation is 1. The number of halogens is 1. The van der Waals surface area contributed by atoms with Gasteiger partial charge in [0, 0.05) is 0 Å². The highest BCUT2D eigenvalue weighted by molar-refractivity contribution is 9.10. The van der Waals surface area contributed by atoms with Gasteiger partial charge < -0.3 is 14.9 Å². The first-order valence-electron chi connectivity index (χ1n) is 6.23. The minimum Gasteiger partial charge on any atom is -0.503 e. The number of aliphatic carboxylic acids is 1. The van der Waals surface area contributed by atoms with E-state index in [0.717, 1.165) is 24.0 Å². The Kier molecular flexibility index (Phi) is 4.04. The topological polar surface area (TPSA) is 66.8 Å². The van der Waals surface area contributed by atoms with Crippen LogP contribution in [-0.4, -0.2) is 23.3 Å². The Hall–Kier alpha value is -1.23. The van der Waals surface area contributed by atoms with Crippen molar-refractivity contribution in [3.63, 3.8) is 0 Å². The van der Waals surface area contributed by atoms with E-state index in [1.54, 1.807) is 6.07 Å². The molecule has 1 aromatic carbocycles. The van der Waals surface area contributed by atoms with E-state index in [2.05, 4.69) is 15.9 Å². The van der Waals surface area contributed by atoms with E-state index in [1.165, 1.54) is 7.11 Å². The van der Waals surface area contributed by atoms with Crippen LogP contribution in [0.15, 0.2) is 10.5 Å². The van der Waals surface area contributed by atoms with Gasteiger partial charge in [-0.15, -0.1) is 0 Å². The molecule has 1 aliphatic rings. The van der Waals surface area contributed by atoms with Crippen LogP contribution in [0.3, 0.4) is 0 Å². The normalized spacial score (nSPS) is 16.2. The monoisotopic (exact) mass is 328 g/mol. The number of benzene rings is 1. The molecule has 1 fully saturated rings. The van der Waals surface area contributed by atoms with E-state index in [4.69, 9.17) is 9.84 Å². The summed E-state index contributed by atoms with van der Waals surface area (Å²) in [5, 5.41) is 19.1. The predicted octanol–water partition coefficient (Wildman–Crippen LogP) is 3.44. The standard InChI is InChI=1S/C14H17BrO4/c1-7-5-10(19-2)14(18)13(15)12(7)9(6-11(16)17)8-3-4-8/h5,8-9,18H,3-4,6H2,1-2H3,(H,16,17). The Bertz CT molecular complexity index is 509. The van der Waals surface area contributed by atoms with Crippen LogP contribution in [-0.2, 0) is 4.79 Å². The molecule has 1 unspecified atom stereocenters. The number of carboxylic acid groups (broad SMARTS) is 1. The highest BCUT2D eigenvalue weighted by Gasteiger charge is 2.36. The van der Waals surface area contributed by atoms with Crippen molar-refractivity contribution in [1.29, 1.82) is 0 Å². The zero-order chi connectivity index (χ0) is 14.2. The minimum atomic E-state index is -0.807. The van der Waals surface area contributed by atoms with Gasteiger partial charge in [-0.2, -0.15) is 0 Å². The van der Waals surface area contributed by atoms with Gasteiger partial charge in [0.2, 0.25) is 0 Å². The number of carboxylic acids is 1. The molecule has 1 aliphatic carbocycles. The molecule has 0 spiro atoms. The molecule has 19 heavy (non-hydrogen) atoms. The number of aromatic hydroxyl groups is 1. The summed E-state index contributed by atoms with van der Waals surface area (Å²) in [6.07, 6.45) is 2.20. The maximum Gasteiger partial charge on any atom is 0.303 e. The van der Waals surface area contributed by atoms with E-state index < -0.39 is 5.97 Å². The number of carbonyl (C=O) groups is 1. The van der Waals surface area contributed by atoms with E-state index in [9.17, 15) is 9.90 Å². The lowest BCUT2D eigenvalue weighted by Crippen LogP contribution is -2.11. The smallest absolute Gasteiger partial charge is 0.303 e. The molecule has 104 valence electrons. The molecule has 1 saturated carbocycles. The lowest BCUT2D eigenvalue weighted by atomic mass is 9.87. The van der Waals surface area contributed by atoms with Crippen molar-refractivity contribution in [3.05, 3.63) is 21.7 Å². The summed E-state index contributed by atoms with van der Waals surface area (Å²) in [4.78, 5) is 11.0. The molecular weight excluding hydrogens is 312 g/mol. The Morgan fingerprint density at radius 1 is 1.58 bits per heavy atom. The van der Waals surface area contributed by atoms with Gasteiger partial charge in [0.1, 0.15) is 0 Å². The van der Waals surface area contributed by atoms with Gasteiger partial charge in [0.15, 0.2) is 11.5 Å². The second-order valence-corrected chi connectivity index (χ2v) is 5.81. The molecule has 2 rings (SSSR count). The highest BCUT2D eigenvalue weighted by atomic mass is 79.9. The van der Waals surface area contributed by atoms with Crippen molar-refractivity contribution in [2.24, 2.45) is 5.92 Å². The Balaban J connectivity index is 2.47. The first-order chi connectivity index (χ1) is 8.95. The maximum atomic E-state index is 11.0. The Morgan fingerprint density at radius 3 is 2.68 bits per heavy atom. The van der Waals surface area contributed by atoms with Crippen molar-refractivity contribution in [2.75, 3.05) is 7.11 Å². The van der Waals surface area contributed by atoms with Gasteiger partial charge in [0.05, 0.1) is 18.0 Å². The first-order valence-corrected chi connectivity index (χ1v) is 7.02. The molecule has 1 aromatic rings. The molecule has 4 nitrogen and oxygen atoms in total. The first kappa shape index (κ1) is 14.2. The van der Waals surface area contributed by atoms with Gasteiger partial charge in [-0.05, 0) is 64.7 Å². The molecular formula is C14H17BrO4. The number of hydrogen-bond donors (Lipinski definition) is 2. The fourth-order valence-electron chi connectivity index (χ4n) is 2.55. The fourth-order valence-corrected chi connectivity index (χ4v) is 3.36. The molecule has 0 bridgehead atoms. The molecule has 1 atom stereocenters. The second kappa shape index (κ2) is 5.41. The molecule has 0 aromatic heterocycles. The van der Waals surface area contributed by atoms with Crippen molar-refractivity contribution in [1.82, 2.24) is 0 Å². The van der Waals surface area contributed by atoms with E-state index in [1.807, 2.05) is 6.92 Å². The van der Waals surface area contributed by atoms with E-state index in [-0.39, 0.29) is 18.1 Å². The van der Waals surface area contributed by atoms with E-state index >= 15 is 0 Å². The number of phenolic OH excluding ortho intramolecular Hbond substituents is 1. The third-order valence-electron chi connectivity index (χ3n) is 3.63. The Labute approximate surface area is 120 Å². The number of rotatable bonds is 5. The summed E-state index contributed by atoms with van der Waals surface area (Å²) in [7, 11) is 1.50. The molecule has 2 N–H and O–H groups in total. The molecule has 0 radical (unpaired) electrons. The van der Waals surface area contributed by atoms with Crippen LogP contribution < -0.4 is 4.74 Å². The largest absolute Gasteiger partial charge is 0.503 e. The molecule has 0 saturated heterocycles. The van der Waals surface area contributed by atoms with Crippen molar-refractivity contribution >= 4 is 21.9 Å². The van der Waals surface area contributed by atoms with Crippen LogP contribution >= 0.6 is 15.9 Å². The molecule has 0 amide bonds. The Morgan fingerprint density at radius 2 is 2.21 bits per heavy atom. The summed E-state index contributed by atoms with van der Waals surface area (Å²) in [5.41, 5.74) is 1.84. The average molecular weight is 329 g/mol. The average Bonchev–Trinajstić information content (AvgIpc) is 3.16. The van der Waals surface area contributed by atoms with Crippen molar-refractivity contribution in [2.45, 2.75) is 32.1 Å². The summed E-state index contributed by atoms with van der Waals surface area (Å²) in [6, 6.07) is 1.76. The molecule has 0 heterocycles. The quantitative estimate of drug-likeness (QED) is 0.868. The van der Waals surface area contributed by atoms with Gasteiger partial charge in [-0.1, -0.05) is 0 Å². The van der Waals surface area contributed by atoms with Crippen LogP contribution in [0.2, 0.25) is 0 Å². The zero-order valence-corrected chi connectivity index (χ0v) is 12.5. The molecule has 5 heteroatoms. The van der Waals surface area contributed by atoms with Gasteiger partial charge in [0.25, 0.3) is 0 Å². The fraction of sp³-hybridized carbons (Fsp3) is 0.500. The summed E-state index contributed by atoms with van der Waals surface area (Å²) >= 11 is 3.39. The molecule has 0 aliphatic heterocycles. The number of ether oxygens (including phenoxy) is 1. The van der Waals surface area contributed by atoms with Crippen LogP contribution in [0.25, 0.3) is 0 Å². The van der Waals surface area contributed by atoms with Gasteiger partial charge >= 0.3 is 5.97 Å². The van der Waals surface area contributed by atoms with Crippen molar-refractivity contribution in [3.8, 4) is 11.5 Å². The predicted molar refractivity (Wildman–Crippen MR) is 74.8 cm³/mol. The van der Waals surface area contributed by atoms with Crippen LogP contribution in [0.1, 0.15) is 36.3 Å². The van der Waals surface area contributed by atoms with Gasteiger partial charge in [-0.3, -0.25) is 4.79 Å². The SMILES string of the molecule is COc1cc(C)c(C(CC(=O)O)C2CC2)c(Br)c1O. The lowest BCUT2D eigenvalue weighted by molar-refractivity contribution is -0.137. The van der Waals surface area contributed by atoms with Crippen LogP contribution in [0, 0.1) is 12.8 Å². The minimum absolute atomic E-state index is 0.0409. The van der Waals surface area contributed by atoms with Gasteiger partial charge in [-0.25, -0.2) is 0 Å². The third-order valence-corrected chi connectivity index (χ3v) is 4.43. The van der Waals surface area contributed by atoms with Crippen molar-refractivity contribution < 1.29 is 19.7 Å². The van der Waals surface area contributed by atoms with E-state index in [0.29, 0.717) is 16.1 Å². The zero-order valence-electron chi connectivity index (χ0n) is 10.9. The third kappa shape index (κ3) is 2.86.